The molecule has 0 spiro atoms. The zero-order valence-electron chi connectivity index (χ0n) is 19.3. The molecule has 2 unspecified atom stereocenters. The van der Waals surface area contributed by atoms with Crippen molar-refractivity contribution in [2.75, 3.05) is 0 Å². The Labute approximate surface area is 246 Å². The first-order chi connectivity index (χ1) is 15.6. The average Bonchev–Trinajstić information content (AvgIpc) is 3.26. The van der Waals surface area contributed by atoms with Crippen LogP contribution in [0.3, 0.4) is 0 Å². The summed E-state index contributed by atoms with van der Waals surface area (Å²) in [5, 5.41) is 7.33. The van der Waals surface area contributed by atoms with Crippen LogP contribution in [0, 0.1) is 0 Å². The molecule has 2 aliphatic rings. The van der Waals surface area contributed by atoms with E-state index in [-0.39, 0.29) is 82.1 Å². The Morgan fingerprint density at radius 2 is 1.71 bits per heavy atom. The summed E-state index contributed by atoms with van der Waals surface area (Å²) in [5.41, 5.74) is -0.0485. The second-order valence-electron chi connectivity index (χ2n) is 7.76. The van der Waals surface area contributed by atoms with E-state index in [9.17, 15) is 28.8 Å². The minimum absolute atomic E-state index is 0. The molecule has 4 rings (SSSR count). The molecule has 15 heteroatoms. The van der Waals surface area contributed by atoms with Crippen molar-refractivity contribution in [1.82, 2.24) is 4.98 Å². The molecule has 1 saturated heterocycles. The van der Waals surface area contributed by atoms with E-state index >= 15 is 0 Å². The molecule has 35 heavy (non-hydrogen) atoms. The van der Waals surface area contributed by atoms with Crippen molar-refractivity contribution in [2.24, 2.45) is 0 Å². The number of aliphatic hydroxyl groups is 1. The molecule has 2 atom stereocenters. The van der Waals surface area contributed by atoms with E-state index in [4.69, 9.17) is 18.5 Å². The summed E-state index contributed by atoms with van der Waals surface area (Å²) in [5.74, 6) is -0.205. The van der Waals surface area contributed by atoms with Gasteiger partial charge < -0.3 is 42.5 Å². The van der Waals surface area contributed by atoms with Gasteiger partial charge in [-0.25, -0.2) is 4.79 Å². The maximum Gasteiger partial charge on any atom is 1.00 e. The molecule has 2 fully saturated rings. The van der Waals surface area contributed by atoms with Crippen molar-refractivity contribution in [3.63, 3.8) is 0 Å². The molecular formula is C20H21NNa2O10P2. The fourth-order valence-corrected chi connectivity index (χ4v) is 7.16. The summed E-state index contributed by atoms with van der Waals surface area (Å²) >= 11 is 0. The van der Waals surface area contributed by atoms with Crippen LogP contribution in [-0.2, 0) is 29.3 Å². The Hall–Kier alpha value is -0.100. The number of benzene rings is 1. The van der Waals surface area contributed by atoms with Crippen LogP contribution in [0.4, 0.5) is 4.79 Å². The predicted octanol–water partition coefficient (Wildman–Crippen LogP) is -3.41. The molecule has 1 aromatic carbocycles. The van der Waals surface area contributed by atoms with Gasteiger partial charge >= 0.3 is 65.3 Å². The molecular weight excluding hydrogens is 522 g/mol. The molecule has 0 radical (unpaired) electrons. The zero-order chi connectivity index (χ0) is 23.7. The van der Waals surface area contributed by atoms with Crippen LogP contribution in [0.5, 0.6) is 5.75 Å². The molecule has 1 N–H and O–H groups in total. The van der Waals surface area contributed by atoms with Gasteiger partial charge in [0.1, 0.15) is 11.9 Å². The standard InChI is InChI=1S/C20H23NO10P2.2Na/c22-19(28-15-7-1-2-8-15)29-17-10-4-3-9-16(17)18-30-32(24,25)20(23,33(26,27)31-18)12-14-6-5-11-21-13-14;;/h3-6,9-11,13,15,18,23H,1-2,7-8,12H2,(H,24,25)(H,26,27);;/q;2*+1/p-2. The molecule has 178 valence electrons. The normalized spacial score (nSPS) is 30.5. The van der Waals surface area contributed by atoms with E-state index in [1.54, 1.807) is 0 Å². The van der Waals surface area contributed by atoms with E-state index in [1.807, 2.05) is 0 Å². The van der Waals surface area contributed by atoms with Gasteiger partial charge in [-0.15, -0.1) is 0 Å². The van der Waals surface area contributed by atoms with Crippen LogP contribution in [0.15, 0.2) is 48.8 Å². The van der Waals surface area contributed by atoms with Crippen LogP contribution >= 0.6 is 15.2 Å². The molecule has 1 aromatic heterocycles. The van der Waals surface area contributed by atoms with Crippen molar-refractivity contribution in [1.29, 1.82) is 0 Å². The molecule has 1 aliphatic heterocycles. The number of carbonyl (C=O) groups is 1. The van der Waals surface area contributed by atoms with Gasteiger partial charge in [-0.05, 0) is 43.4 Å². The number of ether oxygens (including phenoxy) is 2. The summed E-state index contributed by atoms with van der Waals surface area (Å²) in [6.07, 6.45) is 1.74. The van der Waals surface area contributed by atoms with Crippen molar-refractivity contribution in [2.45, 2.75) is 49.6 Å². The predicted molar refractivity (Wildman–Crippen MR) is 109 cm³/mol. The van der Waals surface area contributed by atoms with E-state index in [0.29, 0.717) is 12.8 Å². The fourth-order valence-electron chi connectivity index (χ4n) is 3.70. The largest absolute Gasteiger partial charge is 1.00 e. The minimum atomic E-state index is -5.49. The first-order valence-corrected chi connectivity index (χ1v) is 13.3. The van der Waals surface area contributed by atoms with Gasteiger partial charge in [0.15, 0.2) is 26.6 Å². The fraction of sp³-hybridized carbons (Fsp3) is 0.400. The number of hydrogen-bond donors (Lipinski definition) is 1. The van der Waals surface area contributed by atoms with Crippen LogP contribution in [-0.4, -0.2) is 27.4 Å². The molecule has 2 aromatic rings. The van der Waals surface area contributed by atoms with Gasteiger partial charge in [0.25, 0.3) is 0 Å². The summed E-state index contributed by atoms with van der Waals surface area (Å²) in [6.45, 7) is 0. The molecule has 1 aliphatic carbocycles. The Bertz CT molecular complexity index is 1090. The third-order valence-electron chi connectivity index (χ3n) is 5.44. The van der Waals surface area contributed by atoms with E-state index in [1.165, 1.54) is 48.8 Å². The van der Waals surface area contributed by atoms with Crippen LogP contribution in [0.1, 0.15) is 43.1 Å². The zero-order valence-corrected chi connectivity index (χ0v) is 25.1. The Kier molecular flexibility index (Phi) is 11.2. The monoisotopic (exact) mass is 543 g/mol. The van der Waals surface area contributed by atoms with Crippen molar-refractivity contribution >= 4 is 21.3 Å². The smallest absolute Gasteiger partial charge is 0.776 e. The van der Waals surface area contributed by atoms with Gasteiger partial charge in [-0.2, -0.15) is 0 Å². The Morgan fingerprint density at radius 1 is 1.09 bits per heavy atom. The van der Waals surface area contributed by atoms with Crippen LogP contribution in [0.2, 0.25) is 0 Å². The molecule has 1 saturated carbocycles. The summed E-state index contributed by atoms with van der Waals surface area (Å²) in [7, 11) is -11.0. The summed E-state index contributed by atoms with van der Waals surface area (Å²) in [6, 6.07) is 8.36. The van der Waals surface area contributed by atoms with E-state index < -0.39 is 39.1 Å². The first-order valence-electron chi connectivity index (χ1n) is 10.2. The second kappa shape index (κ2) is 12.6. The van der Waals surface area contributed by atoms with Crippen molar-refractivity contribution < 1.29 is 106 Å². The molecule has 0 bridgehead atoms. The van der Waals surface area contributed by atoms with Gasteiger partial charge in [0.2, 0.25) is 0 Å². The van der Waals surface area contributed by atoms with Crippen molar-refractivity contribution in [3.8, 4) is 5.75 Å². The molecule has 2 heterocycles. The number of aromatic nitrogens is 1. The Morgan fingerprint density at radius 3 is 2.31 bits per heavy atom. The number of hydrogen-bond acceptors (Lipinski definition) is 11. The number of para-hydroxylation sites is 1. The van der Waals surface area contributed by atoms with E-state index in [2.05, 4.69) is 4.98 Å². The third kappa shape index (κ3) is 6.86. The first kappa shape index (κ1) is 31.1. The minimum Gasteiger partial charge on any atom is -0.776 e. The van der Waals surface area contributed by atoms with Gasteiger partial charge in [-0.3, -0.25) is 4.98 Å². The quantitative estimate of drug-likeness (QED) is 0.173. The van der Waals surface area contributed by atoms with Crippen LogP contribution in [0.25, 0.3) is 0 Å². The third-order valence-corrected chi connectivity index (χ3v) is 9.92. The maximum atomic E-state index is 12.8. The number of pyridine rings is 1. The number of carbonyl (C=O) groups excluding carboxylic acids is 1. The summed E-state index contributed by atoms with van der Waals surface area (Å²) < 4.78 is 45.9. The van der Waals surface area contributed by atoms with Gasteiger partial charge in [-0.1, -0.05) is 24.3 Å². The molecule has 11 nitrogen and oxygen atoms in total. The maximum absolute atomic E-state index is 12.8. The van der Waals surface area contributed by atoms with Gasteiger partial charge in [0, 0.05) is 18.8 Å². The summed E-state index contributed by atoms with van der Waals surface area (Å²) in [4.78, 5) is 41.6. The van der Waals surface area contributed by atoms with Crippen LogP contribution < -0.4 is 73.6 Å². The number of rotatable bonds is 5. The number of nitrogens with zero attached hydrogens (tertiary/aromatic N) is 1. The van der Waals surface area contributed by atoms with Gasteiger partial charge in [0.05, 0.1) is 5.56 Å². The topological polar surface area (TPSA) is 167 Å². The molecule has 0 amide bonds. The van der Waals surface area contributed by atoms with Crippen molar-refractivity contribution in [3.05, 3.63) is 59.9 Å². The second-order valence-corrected chi connectivity index (χ2v) is 12.0. The SMILES string of the molecule is O=C(Oc1ccccc1C1OP(=O)([O-])C(O)(Cc2cccnc2)P(=O)([O-])O1)OC1CCCC1.[Na+].[Na+]. The van der Waals surface area contributed by atoms with E-state index in [0.717, 1.165) is 12.8 Å². The average molecular weight is 543 g/mol. The Balaban J connectivity index is 0.00000216.